The molecular weight excluding hydrogens is 384 g/mol. The van der Waals surface area contributed by atoms with Gasteiger partial charge in [-0.25, -0.2) is 0 Å². The molecule has 1 aromatic heterocycles. The fourth-order valence-corrected chi connectivity index (χ4v) is 4.16. The van der Waals surface area contributed by atoms with E-state index in [1.807, 2.05) is 29.2 Å². The smallest absolute Gasteiger partial charge is 0.276 e. The normalized spacial score (nSPS) is 20.3. The molecule has 30 heavy (non-hydrogen) atoms. The van der Waals surface area contributed by atoms with E-state index in [9.17, 15) is 9.59 Å². The number of aromatic nitrogens is 1. The average Bonchev–Trinajstić information content (AvgIpc) is 3.29. The molecule has 2 saturated heterocycles. The summed E-state index contributed by atoms with van der Waals surface area (Å²) in [5.41, 5.74) is 0.997. The topological polar surface area (TPSA) is 79.1 Å². The molecule has 8 heteroatoms. The maximum absolute atomic E-state index is 13.0. The number of likely N-dealkylation sites (N-methyl/N-ethyl adjacent to an activating group) is 1. The van der Waals surface area contributed by atoms with E-state index in [4.69, 9.17) is 9.26 Å². The van der Waals surface area contributed by atoms with E-state index in [0.29, 0.717) is 24.6 Å². The van der Waals surface area contributed by atoms with Gasteiger partial charge in [-0.1, -0.05) is 17.3 Å². The number of methoxy groups -OCH3 is 1. The van der Waals surface area contributed by atoms with Gasteiger partial charge in [0.15, 0.2) is 11.5 Å². The lowest BCUT2D eigenvalue weighted by molar-refractivity contribution is -0.138. The SMILES string of the molecule is COc1ccccc1-c1cc(C(=O)N2CCCC(C(=O)N3CCN(C)CC3)C2)no1. The number of amides is 2. The highest BCUT2D eigenvalue weighted by molar-refractivity contribution is 5.94. The van der Waals surface area contributed by atoms with Gasteiger partial charge in [0.25, 0.3) is 5.91 Å². The third kappa shape index (κ3) is 4.18. The van der Waals surface area contributed by atoms with Crippen molar-refractivity contribution in [2.75, 3.05) is 53.4 Å². The third-order valence-electron chi connectivity index (χ3n) is 5.97. The van der Waals surface area contributed by atoms with Gasteiger partial charge in [-0.05, 0) is 32.0 Å². The lowest BCUT2D eigenvalue weighted by Crippen LogP contribution is -2.52. The minimum absolute atomic E-state index is 0.147. The van der Waals surface area contributed by atoms with E-state index in [1.54, 1.807) is 18.1 Å². The first-order valence-corrected chi connectivity index (χ1v) is 10.4. The van der Waals surface area contributed by atoms with Crippen LogP contribution in [0.3, 0.4) is 0 Å². The van der Waals surface area contributed by atoms with Gasteiger partial charge in [0.05, 0.1) is 18.6 Å². The number of benzene rings is 1. The molecule has 2 aliphatic rings. The molecule has 4 rings (SSSR count). The highest BCUT2D eigenvalue weighted by Crippen LogP contribution is 2.30. The Hall–Kier alpha value is -2.87. The van der Waals surface area contributed by atoms with Crippen molar-refractivity contribution in [1.82, 2.24) is 19.9 Å². The summed E-state index contributed by atoms with van der Waals surface area (Å²) in [6.45, 7) is 4.36. The summed E-state index contributed by atoms with van der Waals surface area (Å²) in [5, 5.41) is 3.99. The third-order valence-corrected chi connectivity index (χ3v) is 5.97. The van der Waals surface area contributed by atoms with Gasteiger partial charge in [0.1, 0.15) is 5.75 Å². The van der Waals surface area contributed by atoms with Crippen molar-refractivity contribution >= 4 is 11.8 Å². The van der Waals surface area contributed by atoms with Crippen molar-refractivity contribution in [1.29, 1.82) is 0 Å². The number of piperidine rings is 1. The number of hydrogen-bond acceptors (Lipinski definition) is 6. The van der Waals surface area contributed by atoms with Crippen LogP contribution in [0.4, 0.5) is 0 Å². The van der Waals surface area contributed by atoms with E-state index in [0.717, 1.165) is 44.6 Å². The van der Waals surface area contributed by atoms with Crippen molar-refractivity contribution in [2.24, 2.45) is 5.92 Å². The second-order valence-electron chi connectivity index (χ2n) is 8.00. The number of piperazine rings is 1. The second kappa shape index (κ2) is 8.87. The van der Waals surface area contributed by atoms with Crippen molar-refractivity contribution in [3.63, 3.8) is 0 Å². The lowest BCUT2D eigenvalue weighted by atomic mass is 9.96. The summed E-state index contributed by atoms with van der Waals surface area (Å²) in [6.07, 6.45) is 1.63. The Morgan fingerprint density at radius 2 is 1.87 bits per heavy atom. The molecule has 0 spiro atoms. The van der Waals surface area contributed by atoms with E-state index in [1.165, 1.54) is 0 Å². The molecule has 0 N–H and O–H groups in total. The molecule has 160 valence electrons. The molecule has 1 atom stereocenters. The zero-order valence-corrected chi connectivity index (χ0v) is 17.5. The Bertz CT molecular complexity index is 904. The van der Waals surface area contributed by atoms with Crippen LogP contribution in [0.5, 0.6) is 5.75 Å². The van der Waals surface area contributed by atoms with Gasteiger partial charge in [0, 0.05) is 45.3 Å². The van der Waals surface area contributed by atoms with Crippen LogP contribution in [0.1, 0.15) is 23.3 Å². The van der Waals surface area contributed by atoms with Gasteiger partial charge < -0.3 is 24.0 Å². The zero-order chi connectivity index (χ0) is 21.1. The van der Waals surface area contributed by atoms with E-state index < -0.39 is 0 Å². The van der Waals surface area contributed by atoms with Crippen LogP contribution in [0.2, 0.25) is 0 Å². The van der Waals surface area contributed by atoms with Crippen LogP contribution in [0, 0.1) is 5.92 Å². The summed E-state index contributed by atoms with van der Waals surface area (Å²) in [6, 6.07) is 9.08. The molecule has 8 nitrogen and oxygen atoms in total. The second-order valence-corrected chi connectivity index (χ2v) is 8.00. The number of hydrogen-bond donors (Lipinski definition) is 0. The first-order chi connectivity index (χ1) is 14.6. The van der Waals surface area contributed by atoms with Crippen LogP contribution in [-0.4, -0.2) is 85.1 Å². The summed E-state index contributed by atoms with van der Waals surface area (Å²) >= 11 is 0. The minimum Gasteiger partial charge on any atom is -0.496 e. The fourth-order valence-electron chi connectivity index (χ4n) is 4.16. The number of likely N-dealkylation sites (tertiary alicyclic amines) is 1. The average molecular weight is 412 g/mol. The van der Waals surface area contributed by atoms with Gasteiger partial charge in [-0.3, -0.25) is 9.59 Å². The van der Waals surface area contributed by atoms with E-state index >= 15 is 0 Å². The molecule has 0 aliphatic carbocycles. The largest absolute Gasteiger partial charge is 0.496 e. The van der Waals surface area contributed by atoms with Crippen LogP contribution >= 0.6 is 0 Å². The molecule has 2 aliphatic heterocycles. The highest BCUT2D eigenvalue weighted by Gasteiger charge is 2.33. The molecule has 3 heterocycles. The summed E-state index contributed by atoms with van der Waals surface area (Å²) in [4.78, 5) is 31.9. The Balaban J connectivity index is 1.43. The van der Waals surface area contributed by atoms with Crippen LogP contribution in [0.25, 0.3) is 11.3 Å². The number of nitrogens with zero attached hydrogens (tertiary/aromatic N) is 4. The standard InChI is InChI=1S/C22H28N4O4/c1-24-10-12-25(13-11-24)21(27)16-6-5-9-26(15-16)22(28)18-14-20(30-23-18)17-7-3-4-8-19(17)29-2/h3-4,7-8,14,16H,5-6,9-13,15H2,1-2H3. The molecule has 2 amide bonds. The molecule has 0 radical (unpaired) electrons. The molecule has 0 bridgehead atoms. The zero-order valence-electron chi connectivity index (χ0n) is 17.5. The van der Waals surface area contributed by atoms with Crippen LogP contribution in [0.15, 0.2) is 34.9 Å². The number of para-hydroxylation sites is 1. The Labute approximate surface area is 176 Å². The fraction of sp³-hybridized carbons (Fsp3) is 0.500. The van der Waals surface area contributed by atoms with Crippen molar-refractivity contribution in [3.05, 3.63) is 36.0 Å². The molecule has 1 unspecified atom stereocenters. The maximum Gasteiger partial charge on any atom is 0.276 e. The van der Waals surface area contributed by atoms with E-state index in [-0.39, 0.29) is 23.4 Å². The Kier molecular flexibility index (Phi) is 6.03. The Morgan fingerprint density at radius 1 is 1.10 bits per heavy atom. The predicted octanol–water partition coefficient (Wildman–Crippen LogP) is 1.98. The lowest BCUT2D eigenvalue weighted by Gasteiger charge is -2.37. The van der Waals surface area contributed by atoms with Crippen LogP contribution in [-0.2, 0) is 4.79 Å². The van der Waals surface area contributed by atoms with E-state index in [2.05, 4.69) is 17.1 Å². The van der Waals surface area contributed by atoms with Crippen molar-refractivity contribution < 1.29 is 18.8 Å². The van der Waals surface area contributed by atoms with Crippen molar-refractivity contribution in [3.8, 4) is 17.1 Å². The summed E-state index contributed by atoms with van der Waals surface area (Å²) in [5.74, 6) is 0.958. The minimum atomic E-state index is -0.198. The maximum atomic E-state index is 13.0. The molecule has 1 aromatic carbocycles. The monoisotopic (exact) mass is 412 g/mol. The predicted molar refractivity (Wildman–Crippen MR) is 111 cm³/mol. The highest BCUT2D eigenvalue weighted by atomic mass is 16.5. The molecule has 0 saturated carbocycles. The number of rotatable bonds is 4. The van der Waals surface area contributed by atoms with Crippen LogP contribution < -0.4 is 4.74 Å². The molecule has 2 aromatic rings. The van der Waals surface area contributed by atoms with Gasteiger partial charge in [-0.15, -0.1) is 0 Å². The first-order valence-electron chi connectivity index (χ1n) is 10.4. The number of carbonyl (C=O) groups is 2. The van der Waals surface area contributed by atoms with Gasteiger partial charge >= 0.3 is 0 Å². The summed E-state index contributed by atoms with van der Waals surface area (Å²) in [7, 11) is 3.66. The van der Waals surface area contributed by atoms with Crippen molar-refractivity contribution in [2.45, 2.75) is 12.8 Å². The quantitative estimate of drug-likeness (QED) is 0.764. The first kappa shape index (κ1) is 20.4. The molecule has 2 fully saturated rings. The summed E-state index contributed by atoms with van der Waals surface area (Å²) < 4.78 is 10.8. The molecular formula is C22H28N4O4. The van der Waals surface area contributed by atoms with Gasteiger partial charge in [-0.2, -0.15) is 0 Å². The number of ether oxygens (including phenoxy) is 1. The Morgan fingerprint density at radius 3 is 2.63 bits per heavy atom. The number of carbonyl (C=O) groups excluding carboxylic acids is 2. The van der Waals surface area contributed by atoms with Gasteiger partial charge in [0.2, 0.25) is 5.91 Å².